The fourth-order valence-electron chi connectivity index (χ4n) is 3.03. The Kier molecular flexibility index (Phi) is 7.92. The fraction of sp³-hybridized carbons (Fsp3) is 0.130. The van der Waals surface area contributed by atoms with Crippen LogP contribution < -0.4 is 4.90 Å². The molecular weight excluding hydrogens is 491 g/mol. The summed E-state index contributed by atoms with van der Waals surface area (Å²) in [6.45, 7) is 1.98. The molecule has 0 saturated carbocycles. The number of anilines is 1. The lowest BCUT2D eigenvalue weighted by molar-refractivity contribution is -0.384. The van der Waals surface area contributed by atoms with Crippen LogP contribution in [0.2, 0.25) is 15.1 Å². The van der Waals surface area contributed by atoms with Crippen molar-refractivity contribution in [1.82, 2.24) is 0 Å². The summed E-state index contributed by atoms with van der Waals surface area (Å²) in [5.74, 6) is -1.01. The van der Waals surface area contributed by atoms with Crippen molar-refractivity contribution in [2.75, 3.05) is 11.5 Å². The van der Waals surface area contributed by atoms with Crippen molar-refractivity contribution in [3.63, 3.8) is 0 Å². The minimum absolute atomic E-state index is 0.0456. The van der Waals surface area contributed by atoms with E-state index in [0.29, 0.717) is 26.9 Å². The van der Waals surface area contributed by atoms with Crippen molar-refractivity contribution in [3.05, 3.63) is 103 Å². The maximum absolute atomic E-state index is 13.4. The van der Waals surface area contributed by atoms with E-state index in [9.17, 15) is 19.7 Å². The molecule has 0 saturated heterocycles. The fourth-order valence-corrected chi connectivity index (χ4v) is 3.69. The first-order chi connectivity index (χ1) is 15.7. The maximum atomic E-state index is 13.4. The number of hydrogen-bond donors (Lipinski definition) is 0. The summed E-state index contributed by atoms with van der Waals surface area (Å²) in [7, 11) is 0. The van der Waals surface area contributed by atoms with Crippen molar-refractivity contribution >= 4 is 58.1 Å². The summed E-state index contributed by atoms with van der Waals surface area (Å²) >= 11 is 18.2. The van der Waals surface area contributed by atoms with E-state index in [0.717, 1.165) is 6.07 Å². The standard InChI is InChI=1S/C23H17Cl3N2O5/c1-2-33-23(30)14-4-8-18(9-5-14)27(13-16-3-7-17(24)12-20(16)26)22(29)15-6-10-19(25)21(11-15)28(31)32/h3-12H,2,13H2,1H3. The van der Waals surface area contributed by atoms with E-state index in [2.05, 4.69) is 0 Å². The second-order valence-corrected chi connectivity index (χ2v) is 8.07. The molecular formula is C23H17Cl3N2O5. The van der Waals surface area contributed by atoms with Crippen LogP contribution in [0.15, 0.2) is 60.7 Å². The molecule has 3 rings (SSSR count). The van der Waals surface area contributed by atoms with Gasteiger partial charge in [0.25, 0.3) is 11.6 Å². The molecule has 0 aromatic heterocycles. The molecule has 0 aliphatic rings. The Morgan fingerprint density at radius 3 is 2.21 bits per heavy atom. The third-order valence-corrected chi connectivity index (χ3v) is 5.58. The molecule has 0 N–H and O–H groups in total. The van der Waals surface area contributed by atoms with Gasteiger partial charge in [-0.05, 0) is 61.0 Å². The number of ether oxygens (including phenoxy) is 1. The van der Waals surface area contributed by atoms with Gasteiger partial charge in [0.15, 0.2) is 0 Å². The van der Waals surface area contributed by atoms with Crippen molar-refractivity contribution in [2.45, 2.75) is 13.5 Å². The first-order valence-electron chi connectivity index (χ1n) is 9.68. The summed E-state index contributed by atoms with van der Waals surface area (Å²) in [4.78, 5) is 37.4. The molecule has 0 unspecified atom stereocenters. The quantitative estimate of drug-likeness (QED) is 0.205. The number of carbonyl (C=O) groups is 2. The van der Waals surface area contributed by atoms with Gasteiger partial charge in [0.2, 0.25) is 0 Å². The van der Waals surface area contributed by atoms with Crippen LogP contribution in [0, 0.1) is 10.1 Å². The van der Waals surface area contributed by atoms with Gasteiger partial charge < -0.3 is 9.64 Å². The Labute approximate surface area is 204 Å². The maximum Gasteiger partial charge on any atom is 0.338 e. The SMILES string of the molecule is CCOC(=O)c1ccc(N(Cc2ccc(Cl)cc2Cl)C(=O)c2ccc(Cl)c([N+](=O)[O-])c2)cc1. The summed E-state index contributed by atoms with van der Waals surface area (Å²) in [6, 6.07) is 14.9. The minimum atomic E-state index is -0.659. The molecule has 0 fully saturated rings. The molecule has 0 aliphatic carbocycles. The van der Waals surface area contributed by atoms with Gasteiger partial charge in [-0.3, -0.25) is 14.9 Å². The lowest BCUT2D eigenvalue weighted by Gasteiger charge is -2.24. The van der Waals surface area contributed by atoms with Crippen molar-refractivity contribution in [2.24, 2.45) is 0 Å². The van der Waals surface area contributed by atoms with E-state index in [1.54, 1.807) is 37.3 Å². The monoisotopic (exact) mass is 506 g/mol. The third kappa shape index (κ3) is 5.82. The number of hydrogen-bond acceptors (Lipinski definition) is 5. The van der Waals surface area contributed by atoms with Gasteiger partial charge >= 0.3 is 5.97 Å². The highest BCUT2D eigenvalue weighted by Crippen LogP contribution is 2.29. The molecule has 0 heterocycles. The van der Waals surface area contributed by atoms with Gasteiger partial charge in [-0.2, -0.15) is 0 Å². The average molecular weight is 508 g/mol. The number of nitro groups is 1. The van der Waals surface area contributed by atoms with Crippen LogP contribution in [0.3, 0.4) is 0 Å². The normalized spacial score (nSPS) is 10.5. The van der Waals surface area contributed by atoms with Gasteiger partial charge in [-0.25, -0.2) is 4.79 Å². The summed E-state index contributed by atoms with van der Waals surface area (Å²) < 4.78 is 4.99. The second kappa shape index (κ2) is 10.7. The molecule has 0 spiro atoms. The highest BCUT2D eigenvalue weighted by atomic mass is 35.5. The zero-order valence-electron chi connectivity index (χ0n) is 17.3. The Hall–Kier alpha value is -3.13. The highest BCUT2D eigenvalue weighted by molar-refractivity contribution is 6.35. The van der Waals surface area contributed by atoms with Gasteiger partial charge in [0, 0.05) is 27.4 Å². The third-order valence-electron chi connectivity index (χ3n) is 4.67. The van der Waals surface area contributed by atoms with Crippen molar-refractivity contribution < 1.29 is 19.2 Å². The second-order valence-electron chi connectivity index (χ2n) is 6.82. The Balaban J connectivity index is 2.03. The van der Waals surface area contributed by atoms with E-state index in [4.69, 9.17) is 39.5 Å². The highest BCUT2D eigenvalue weighted by Gasteiger charge is 2.23. The minimum Gasteiger partial charge on any atom is -0.462 e. The molecule has 33 heavy (non-hydrogen) atoms. The number of nitro benzene ring substituents is 1. The summed E-state index contributed by atoms with van der Waals surface area (Å²) in [5, 5.41) is 12.0. The van der Waals surface area contributed by atoms with Crippen LogP contribution in [0.4, 0.5) is 11.4 Å². The number of rotatable bonds is 7. The van der Waals surface area contributed by atoms with Crippen LogP contribution in [0.1, 0.15) is 33.2 Å². The van der Waals surface area contributed by atoms with Crippen LogP contribution >= 0.6 is 34.8 Å². The van der Waals surface area contributed by atoms with Crippen molar-refractivity contribution in [3.8, 4) is 0 Å². The lowest BCUT2D eigenvalue weighted by atomic mass is 10.1. The Bertz CT molecular complexity index is 1220. The molecule has 0 bridgehead atoms. The molecule has 0 radical (unpaired) electrons. The molecule has 10 heteroatoms. The van der Waals surface area contributed by atoms with Gasteiger partial charge in [-0.1, -0.05) is 40.9 Å². The summed E-state index contributed by atoms with van der Waals surface area (Å²) in [6.07, 6.45) is 0. The smallest absolute Gasteiger partial charge is 0.338 e. The number of nitrogens with zero attached hydrogens (tertiary/aromatic N) is 2. The molecule has 1 amide bonds. The lowest BCUT2D eigenvalue weighted by Crippen LogP contribution is -2.30. The van der Waals surface area contributed by atoms with Gasteiger partial charge in [-0.15, -0.1) is 0 Å². The van der Waals surface area contributed by atoms with Crippen molar-refractivity contribution in [1.29, 1.82) is 0 Å². The Morgan fingerprint density at radius 2 is 1.61 bits per heavy atom. The van der Waals surface area contributed by atoms with E-state index >= 15 is 0 Å². The van der Waals surface area contributed by atoms with Crippen LogP contribution in [-0.2, 0) is 11.3 Å². The molecule has 0 atom stereocenters. The Morgan fingerprint density at radius 1 is 0.939 bits per heavy atom. The van der Waals surface area contributed by atoms with E-state index in [-0.39, 0.29) is 29.4 Å². The van der Waals surface area contributed by atoms with E-state index in [1.807, 2.05) is 0 Å². The van der Waals surface area contributed by atoms with Gasteiger partial charge in [0.1, 0.15) is 5.02 Å². The molecule has 3 aromatic rings. The number of halogens is 3. The summed E-state index contributed by atoms with van der Waals surface area (Å²) in [5.41, 5.74) is 1.04. The topological polar surface area (TPSA) is 89.8 Å². The number of benzene rings is 3. The van der Waals surface area contributed by atoms with E-state index in [1.165, 1.54) is 29.2 Å². The van der Waals surface area contributed by atoms with Crippen LogP contribution in [0.25, 0.3) is 0 Å². The molecule has 3 aromatic carbocycles. The van der Waals surface area contributed by atoms with Gasteiger partial charge in [0.05, 0.1) is 23.6 Å². The zero-order valence-corrected chi connectivity index (χ0v) is 19.5. The predicted molar refractivity (Wildman–Crippen MR) is 127 cm³/mol. The van der Waals surface area contributed by atoms with E-state index < -0.39 is 16.8 Å². The first-order valence-corrected chi connectivity index (χ1v) is 10.8. The number of amides is 1. The average Bonchev–Trinajstić information content (AvgIpc) is 2.78. The number of esters is 1. The van der Waals surface area contributed by atoms with Crippen LogP contribution in [0.5, 0.6) is 0 Å². The van der Waals surface area contributed by atoms with Crippen LogP contribution in [-0.4, -0.2) is 23.4 Å². The zero-order chi connectivity index (χ0) is 24.1. The molecule has 0 aliphatic heterocycles. The molecule has 170 valence electrons. The first kappa shape index (κ1) is 24.5. The largest absolute Gasteiger partial charge is 0.462 e. The molecule has 7 nitrogen and oxygen atoms in total. The number of carbonyl (C=O) groups excluding carboxylic acids is 2. The predicted octanol–water partition coefficient (Wildman–Crippen LogP) is 6.58.